The molecule has 3 fully saturated rings. The summed E-state index contributed by atoms with van der Waals surface area (Å²) in [6, 6.07) is 3.00. The predicted molar refractivity (Wildman–Crippen MR) is 124 cm³/mol. The second-order valence-corrected chi connectivity index (χ2v) is 10.4. The number of hydrogen-bond donors (Lipinski definition) is 3. The van der Waals surface area contributed by atoms with Crippen molar-refractivity contribution in [2.24, 2.45) is 35.3 Å². The van der Waals surface area contributed by atoms with Gasteiger partial charge in [-0.05, 0) is 50.4 Å². The number of benzene rings is 1. The SMILES string of the molecule is CN(C)[C@H]1C(O)C(C(N)=O)C(=O)[C@@H]2C(=O)C3C(=O)c4c(ccc(N5CCOCC5)c4O)C[C@@H]3C[C@@H]21. The first kappa shape index (κ1) is 23.9. The van der Waals surface area contributed by atoms with E-state index in [0.717, 1.165) is 0 Å². The third kappa shape index (κ3) is 3.57. The normalized spacial score (nSPS) is 34.9. The number of Topliss-reactive ketones (excluding diaryl/α,β-unsaturated/α-hetero) is 3. The van der Waals surface area contributed by atoms with Crippen molar-refractivity contribution in [1.29, 1.82) is 0 Å². The monoisotopic (exact) mass is 485 g/mol. The molecule has 4 N–H and O–H groups in total. The van der Waals surface area contributed by atoms with Crippen LogP contribution in [-0.4, -0.2) is 90.9 Å². The number of hydrogen-bond acceptors (Lipinski definition) is 9. The van der Waals surface area contributed by atoms with Crippen LogP contribution in [0.1, 0.15) is 22.3 Å². The van der Waals surface area contributed by atoms with Gasteiger partial charge >= 0.3 is 0 Å². The number of rotatable bonds is 3. The van der Waals surface area contributed by atoms with Gasteiger partial charge in [0.15, 0.2) is 17.3 Å². The fourth-order valence-electron chi connectivity index (χ4n) is 6.86. The van der Waals surface area contributed by atoms with E-state index in [1.54, 1.807) is 25.1 Å². The van der Waals surface area contributed by atoms with E-state index < -0.39 is 59.1 Å². The van der Waals surface area contributed by atoms with Crippen LogP contribution in [0.4, 0.5) is 5.69 Å². The molecule has 4 aliphatic rings. The summed E-state index contributed by atoms with van der Waals surface area (Å²) in [4.78, 5) is 56.5. The number of phenolic OH excluding ortho intramolecular Hbond substituents is 1. The molecule has 0 radical (unpaired) electrons. The summed E-state index contributed by atoms with van der Waals surface area (Å²) in [5, 5.41) is 22.0. The smallest absolute Gasteiger partial charge is 0.230 e. The molecule has 7 atom stereocenters. The summed E-state index contributed by atoms with van der Waals surface area (Å²) in [5.41, 5.74) is 6.79. The molecule has 35 heavy (non-hydrogen) atoms. The number of ketones is 3. The lowest BCUT2D eigenvalue weighted by molar-refractivity contribution is -0.161. The summed E-state index contributed by atoms with van der Waals surface area (Å²) in [6.07, 6.45) is -0.552. The van der Waals surface area contributed by atoms with E-state index in [9.17, 15) is 29.4 Å². The standard InChI is InChI=1S/C25H31N3O7/c1-27(2)19-13-10-12-9-11-3-4-14(28-5-7-35-8-6-28)20(29)15(11)21(30)16(12)22(31)17(13)23(32)18(24(19)33)25(26)34/h3-4,12-13,16-19,24,29,33H,5-10H2,1-2H3,(H2,26,34)/t12-,13+,16?,17+,18?,19-,24?/m1/s1. The van der Waals surface area contributed by atoms with Crippen molar-refractivity contribution in [3.8, 4) is 5.75 Å². The van der Waals surface area contributed by atoms with Gasteiger partial charge in [-0.2, -0.15) is 0 Å². The maximum Gasteiger partial charge on any atom is 0.230 e. The summed E-state index contributed by atoms with van der Waals surface area (Å²) < 4.78 is 5.38. The summed E-state index contributed by atoms with van der Waals surface area (Å²) in [6.45, 7) is 2.18. The number of morpholine rings is 1. The largest absolute Gasteiger partial charge is 0.505 e. The molecule has 10 nitrogen and oxygen atoms in total. The molecular formula is C25H31N3O7. The van der Waals surface area contributed by atoms with Crippen molar-refractivity contribution in [1.82, 2.24) is 4.90 Å². The maximum absolute atomic E-state index is 13.8. The molecule has 1 amide bonds. The number of ether oxygens (including phenoxy) is 1. The van der Waals surface area contributed by atoms with E-state index in [4.69, 9.17) is 10.5 Å². The van der Waals surface area contributed by atoms with E-state index in [2.05, 4.69) is 0 Å². The molecule has 1 saturated heterocycles. The third-order valence-corrected chi connectivity index (χ3v) is 8.34. The van der Waals surface area contributed by atoms with Gasteiger partial charge in [-0.3, -0.25) is 19.2 Å². The van der Waals surface area contributed by atoms with Crippen molar-refractivity contribution in [3.63, 3.8) is 0 Å². The molecule has 2 saturated carbocycles. The highest BCUT2D eigenvalue weighted by Gasteiger charge is 2.61. The number of fused-ring (bicyclic) bond motifs is 3. The van der Waals surface area contributed by atoms with Gasteiger partial charge in [0.05, 0.1) is 42.4 Å². The Morgan fingerprint density at radius 3 is 2.43 bits per heavy atom. The first-order valence-corrected chi connectivity index (χ1v) is 12.1. The van der Waals surface area contributed by atoms with Crippen molar-refractivity contribution in [2.75, 3.05) is 45.3 Å². The highest BCUT2D eigenvalue weighted by Crippen LogP contribution is 2.50. The number of nitrogens with zero attached hydrogens (tertiary/aromatic N) is 2. The lowest BCUT2D eigenvalue weighted by Gasteiger charge is -2.51. The molecule has 1 aromatic rings. The zero-order valence-electron chi connectivity index (χ0n) is 19.8. The van der Waals surface area contributed by atoms with E-state index in [1.165, 1.54) is 0 Å². The van der Waals surface area contributed by atoms with Crippen molar-refractivity contribution >= 4 is 28.9 Å². The number of phenols is 1. The van der Waals surface area contributed by atoms with Crippen LogP contribution in [0.2, 0.25) is 0 Å². The zero-order chi connectivity index (χ0) is 25.2. The lowest BCUT2D eigenvalue weighted by atomic mass is 9.54. The Morgan fingerprint density at radius 1 is 1.11 bits per heavy atom. The number of anilines is 1. The molecule has 3 aliphatic carbocycles. The lowest BCUT2D eigenvalue weighted by Crippen LogP contribution is -2.66. The van der Waals surface area contributed by atoms with Crippen molar-refractivity contribution in [3.05, 3.63) is 23.3 Å². The minimum atomic E-state index is -1.50. The number of primary amides is 1. The number of aliphatic hydroxyl groups is 1. The second-order valence-electron chi connectivity index (χ2n) is 10.4. The topological polar surface area (TPSA) is 150 Å². The highest BCUT2D eigenvalue weighted by molar-refractivity contribution is 6.21. The van der Waals surface area contributed by atoms with Crippen molar-refractivity contribution < 1.29 is 34.1 Å². The van der Waals surface area contributed by atoms with Gasteiger partial charge in [-0.25, -0.2) is 0 Å². The summed E-state index contributed by atoms with van der Waals surface area (Å²) in [5.74, 6) is -7.51. The highest BCUT2D eigenvalue weighted by atomic mass is 16.5. The number of carbonyl (C=O) groups is 4. The van der Waals surface area contributed by atoms with Crippen LogP contribution >= 0.6 is 0 Å². The van der Waals surface area contributed by atoms with E-state index in [0.29, 0.717) is 50.4 Å². The minimum absolute atomic E-state index is 0.140. The van der Waals surface area contributed by atoms with Gasteiger partial charge in [0, 0.05) is 19.1 Å². The molecule has 1 heterocycles. The van der Waals surface area contributed by atoms with Gasteiger partial charge in [0.2, 0.25) is 5.91 Å². The number of aliphatic hydroxyl groups excluding tert-OH is 1. The number of likely N-dealkylation sites (N-methyl/N-ethyl adjacent to an activating group) is 1. The van der Waals surface area contributed by atoms with Crippen LogP contribution in [-0.2, 0) is 25.5 Å². The number of amides is 1. The first-order chi connectivity index (χ1) is 16.6. The van der Waals surface area contributed by atoms with Crippen molar-refractivity contribution in [2.45, 2.75) is 25.0 Å². The Balaban J connectivity index is 1.54. The number of carbonyl (C=O) groups excluding carboxylic acids is 4. The minimum Gasteiger partial charge on any atom is -0.505 e. The van der Waals surface area contributed by atoms with E-state index >= 15 is 0 Å². The fraction of sp³-hybridized carbons (Fsp3) is 0.600. The molecular weight excluding hydrogens is 454 g/mol. The Morgan fingerprint density at radius 2 is 1.80 bits per heavy atom. The Bertz CT molecular complexity index is 1100. The quantitative estimate of drug-likeness (QED) is 0.476. The molecule has 0 spiro atoms. The van der Waals surface area contributed by atoms with E-state index in [-0.39, 0.29) is 17.2 Å². The molecule has 0 aromatic heterocycles. The summed E-state index contributed by atoms with van der Waals surface area (Å²) >= 11 is 0. The maximum atomic E-state index is 13.8. The molecule has 5 rings (SSSR count). The average Bonchev–Trinajstić information content (AvgIpc) is 2.78. The van der Waals surface area contributed by atoms with Crippen LogP contribution in [0.25, 0.3) is 0 Å². The Kier molecular flexibility index (Phi) is 5.93. The van der Waals surface area contributed by atoms with Crippen LogP contribution in [0.3, 0.4) is 0 Å². The molecule has 10 heteroatoms. The molecule has 3 unspecified atom stereocenters. The van der Waals surface area contributed by atoms with Gasteiger partial charge < -0.3 is 30.5 Å². The number of nitrogens with two attached hydrogens (primary N) is 1. The van der Waals surface area contributed by atoms with Crippen LogP contribution in [0.5, 0.6) is 5.75 Å². The van der Waals surface area contributed by atoms with Crippen LogP contribution < -0.4 is 10.6 Å². The molecule has 0 bridgehead atoms. The Labute approximate surface area is 203 Å². The fourth-order valence-corrected chi connectivity index (χ4v) is 6.86. The predicted octanol–water partition coefficient (Wildman–Crippen LogP) is -0.619. The Hall–Kier alpha value is -2.82. The first-order valence-electron chi connectivity index (χ1n) is 12.1. The second kappa shape index (κ2) is 8.69. The zero-order valence-corrected chi connectivity index (χ0v) is 19.8. The molecule has 188 valence electrons. The van der Waals surface area contributed by atoms with Crippen LogP contribution in [0, 0.1) is 29.6 Å². The molecule has 1 aliphatic heterocycles. The van der Waals surface area contributed by atoms with Gasteiger partial charge in [0.1, 0.15) is 11.7 Å². The number of aromatic hydroxyl groups is 1. The molecule has 1 aromatic carbocycles. The summed E-state index contributed by atoms with van der Waals surface area (Å²) in [7, 11) is 3.45. The van der Waals surface area contributed by atoms with E-state index in [1.807, 2.05) is 11.0 Å². The third-order valence-electron chi connectivity index (χ3n) is 8.34. The van der Waals surface area contributed by atoms with Gasteiger partial charge in [-0.1, -0.05) is 6.07 Å². The van der Waals surface area contributed by atoms with Gasteiger partial charge in [-0.15, -0.1) is 0 Å². The van der Waals surface area contributed by atoms with Crippen LogP contribution in [0.15, 0.2) is 12.1 Å². The average molecular weight is 486 g/mol. The van der Waals surface area contributed by atoms with Gasteiger partial charge in [0.25, 0.3) is 0 Å².